The molecule has 0 aliphatic heterocycles. The van der Waals surface area contributed by atoms with Crippen LogP contribution in [0, 0.1) is 0 Å². The fourth-order valence-electron chi connectivity index (χ4n) is 6.63. The van der Waals surface area contributed by atoms with Crippen LogP contribution in [0.15, 0.2) is 164 Å². The van der Waals surface area contributed by atoms with E-state index in [9.17, 15) is 0 Å². The second kappa shape index (κ2) is 11.2. The molecule has 0 radical (unpaired) electrons. The molecule has 0 aliphatic rings. The van der Waals surface area contributed by atoms with E-state index in [2.05, 4.69) is 118 Å². The van der Waals surface area contributed by atoms with Gasteiger partial charge in [-0.15, -0.1) is 0 Å². The Labute approximate surface area is 271 Å². The van der Waals surface area contributed by atoms with Crippen LogP contribution in [-0.4, -0.2) is 24.5 Å². The molecule has 9 rings (SSSR count). The molecular formula is C42H27N5. The minimum atomic E-state index is 0.897. The molecule has 0 spiro atoms. The van der Waals surface area contributed by atoms with Gasteiger partial charge in [0.25, 0.3) is 0 Å². The number of hydrogen-bond acceptors (Lipinski definition) is 4. The van der Waals surface area contributed by atoms with Crippen LogP contribution in [0.4, 0.5) is 0 Å². The zero-order chi connectivity index (χ0) is 31.2. The first kappa shape index (κ1) is 26.9. The normalized spacial score (nSPS) is 11.4. The van der Waals surface area contributed by atoms with Crippen LogP contribution in [0.2, 0.25) is 0 Å². The van der Waals surface area contributed by atoms with E-state index in [-0.39, 0.29) is 0 Å². The molecule has 5 aromatic heterocycles. The first-order valence-electron chi connectivity index (χ1n) is 15.6. The Morgan fingerprint density at radius 2 is 1.02 bits per heavy atom. The summed E-state index contributed by atoms with van der Waals surface area (Å²) in [7, 11) is 0. The van der Waals surface area contributed by atoms with Gasteiger partial charge in [0.15, 0.2) is 0 Å². The summed E-state index contributed by atoms with van der Waals surface area (Å²) < 4.78 is 2.38. The Morgan fingerprint density at radius 3 is 1.70 bits per heavy atom. The third kappa shape index (κ3) is 4.64. The van der Waals surface area contributed by atoms with Crippen molar-refractivity contribution in [2.24, 2.45) is 0 Å². The third-order valence-electron chi connectivity index (χ3n) is 8.77. The summed E-state index contributed by atoms with van der Waals surface area (Å²) in [5.41, 5.74) is 11.1. The lowest BCUT2D eigenvalue weighted by atomic mass is 9.96. The van der Waals surface area contributed by atoms with Crippen LogP contribution in [-0.2, 0) is 0 Å². The van der Waals surface area contributed by atoms with E-state index >= 15 is 0 Å². The molecule has 0 fully saturated rings. The first-order valence-corrected chi connectivity index (χ1v) is 15.6. The molecule has 0 saturated carbocycles. The molecule has 5 heterocycles. The minimum Gasteiger partial charge on any atom is -0.309 e. The Bertz CT molecular complexity index is 2560. The van der Waals surface area contributed by atoms with Gasteiger partial charge < -0.3 is 4.57 Å². The number of rotatable bonds is 5. The molecule has 220 valence electrons. The van der Waals surface area contributed by atoms with Crippen molar-refractivity contribution in [3.8, 4) is 50.7 Å². The van der Waals surface area contributed by atoms with Gasteiger partial charge in [0.1, 0.15) is 0 Å². The van der Waals surface area contributed by atoms with Crippen LogP contribution in [0.25, 0.3) is 83.3 Å². The van der Waals surface area contributed by atoms with Gasteiger partial charge in [-0.25, -0.2) is 9.97 Å². The standard InChI is InChI=1S/C42H27N5/c1-2-12-31(13-3-1)47-40-24-28(36-16-6-17-37(45-36)29-10-8-22-43-26-29)20-21-34(40)42-33-15-5-4-14-32(33)35(25-41(42)47)39-19-7-18-38(46-39)30-11-9-23-44-27-30/h1-27H. The molecule has 5 heteroatoms. The van der Waals surface area contributed by atoms with Gasteiger partial charge in [0.2, 0.25) is 0 Å². The number of aromatic nitrogens is 5. The number of benzene rings is 4. The number of para-hydroxylation sites is 1. The van der Waals surface area contributed by atoms with E-state index < -0.39 is 0 Å². The summed E-state index contributed by atoms with van der Waals surface area (Å²) in [6, 6.07) is 48.6. The summed E-state index contributed by atoms with van der Waals surface area (Å²) in [6.07, 6.45) is 7.29. The fourth-order valence-corrected chi connectivity index (χ4v) is 6.63. The van der Waals surface area contributed by atoms with Crippen molar-refractivity contribution in [3.63, 3.8) is 0 Å². The molecular weight excluding hydrogens is 574 g/mol. The molecule has 5 nitrogen and oxygen atoms in total. The Balaban J connectivity index is 1.32. The number of nitrogens with zero attached hydrogens (tertiary/aromatic N) is 5. The van der Waals surface area contributed by atoms with Gasteiger partial charge in [0.05, 0.1) is 33.8 Å². The summed E-state index contributed by atoms with van der Waals surface area (Å²) in [5.74, 6) is 0. The molecule has 47 heavy (non-hydrogen) atoms. The summed E-state index contributed by atoms with van der Waals surface area (Å²) in [6.45, 7) is 0. The zero-order valence-electron chi connectivity index (χ0n) is 25.3. The smallest absolute Gasteiger partial charge is 0.0725 e. The van der Waals surface area contributed by atoms with Crippen LogP contribution in [0.3, 0.4) is 0 Å². The van der Waals surface area contributed by atoms with Crippen LogP contribution >= 0.6 is 0 Å². The van der Waals surface area contributed by atoms with Crippen LogP contribution in [0.1, 0.15) is 0 Å². The molecule has 0 bridgehead atoms. The summed E-state index contributed by atoms with van der Waals surface area (Å²) >= 11 is 0. The lowest BCUT2D eigenvalue weighted by Gasteiger charge is -2.12. The van der Waals surface area contributed by atoms with Gasteiger partial charge >= 0.3 is 0 Å². The second-order valence-electron chi connectivity index (χ2n) is 11.6. The Hall–Kier alpha value is -6.46. The van der Waals surface area contributed by atoms with E-state index in [1.807, 2.05) is 48.8 Å². The maximum absolute atomic E-state index is 5.15. The largest absolute Gasteiger partial charge is 0.309 e. The highest BCUT2D eigenvalue weighted by Crippen LogP contribution is 2.42. The quantitative estimate of drug-likeness (QED) is 0.197. The first-order chi connectivity index (χ1) is 23.3. The molecule has 0 unspecified atom stereocenters. The van der Waals surface area contributed by atoms with E-state index in [0.717, 1.165) is 67.1 Å². The maximum Gasteiger partial charge on any atom is 0.0725 e. The second-order valence-corrected chi connectivity index (χ2v) is 11.6. The SMILES string of the molecule is c1ccc(-n2c3cc(-c4cccc(-c5cccnc5)n4)ccc3c3c4ccccc4c(-c4cccc(-c5cccnc5)n4)cc32)cc1. The molecule has 9 aromatic rings. The molecule has 0 N–H and O–H groups in total. The van der Waals surface area contributed by atoms with Crippen LogP contribution < -0.4 is 0 Å². The summed E-state index contributed by atoms with van der Waals surface area (Å²) in [4.78, 5) is 18.8. The highest BCUT2D eigenvalue weighted by Gasteiger charge is 2.19. The number of pyridine rings is 4. The minimum absolute atomic E-state index is 0.897. The predicted molar refractivity (Wildman–Crippen MR) is 191 cm³/mol. The molecule has 4 aromatic carbocycles. The van der Waals surface area contributed by atoms with Crippen LogP contribution in [0.5, 0.6) is 0 Å². The Morgan fingerprint density at radius 1 is 0.404 bits per heavy atom. The average molecular weight is 602 g/mol. The van der Waals surface area contributed by atoms with Crippen molar-refractivity contribution in [1.29, 1.82) is 0 Å². The van der Waals surface area contributed by atoms with Gasteiger partial charge in [-0.05, 0) is 83.6 Å². The third-order valence-corrected chi connectivity index (χ3v) is 8.77. The Kier molecular flexibility index (Phi) is 6.39. The predicted octanol–water partition coefficient (Wildman–Crippen LogP) is 10.2. The highest BCUT2D eigenvalue weighted by atomic mass is 15.0. The van der Waals surface area contributed by atoms with E-state index in [0.29, 0.717) is 0 Å². The van der Waals surface area contributed by atoms with Gasteiger partial charge in [-0.2, -0.15) is 0 Å². The number of fused-ring (bicyclic) bond motifs is 5. The molecule has 0 amide bonds. The van der Waals surface area contributed by atoms with Crippen molar-refractivity contribution in [2.45, 2.75) is 0 Å². The summed E-state index contributed by atoms with van der Waals surface area (Å²) in [5, 5.41) is 4.77. The topological polar surface area (TPSA) is 56.5 Å². The monoisotopic (exact) mass is 601 g/mol. The molecule has 0 aliphatic carbocycles. The molecule has 0 atom stereocenters. The van der Waals surface area contributed by atoms with Gasteiger partial charge in [-0.3, -0.25) is 9.97 Å². The lowest BCUT2D eigenvalue weighted by Crippen LogP contribution is -1.95. The van der Waals surface area contributed by atoms with Crippen molar-refractivity contribution < 1.29 is 0 Å². The number of hydrogen-bond donors (Lipinski definition) is 0. The average Bonchev–Trinajstić information content (AvgIpc) is 3.49. The highest BCUT2D eigenvalue weighted by molar-refractivity contribution is 6.24. The van der Waals surface area contributed by atoms with E-state index in [1.54, 1.807) is 12.4 Å². The van der Waals surface area contributed by atoms with Gasteiger partial charge in [-0.1, -0.05) is 66.7 Å². The maximum atomic E-state index is 5.15. The van der Waals surface area contributed by atoms with Crippen molar-refractivity contribution in [3.05, 3.63) is 164 Å². The van der Waals surface area contributed by atoms with Crippen molar-refractivity contribution in [2.75, 3.05) is 0 Å². The van der Waals surface area contributed by atoms with E-state index in [4.69, 9.17) is 9.97 Å². The van der Waals surface area contributed by atoms with Crippen molar-refractivity contribution >= 4 is 32.6 Å². The van der Waals surface area contributed by atoms with Gasteiger partial charge in [0, 0.05) is 63.5 Å². The van der Waals surface area contributed by atoms with Crippen molar-refractivity contribution in [1.82, 2.24) is 24.5 Å². The zero-order valence-corrected chi connectivity index (χ0v) is 25.3. The van der Waals surface area contributed by atoms with E-state index in [1.165, 1.54) is 16.2 Å². The lowest BCUT2D eigenvalue weighted by molar-refractivity contribution is 1.18. The molecule has 0 saturated heterocycles. The fraction of sp³-hybridized carbons (Fsp3) is 0.